The number of benzene rings is 1. The van der Waals surface area contributed by atoms with E-state index in [0.29, 0.717) is 5.41 Å². The van der Waals surface area contributed by atoms with E-state index in [9.17, 15) is 0 Å². The van der Waals surface area contributed by atoms with Crippen LogP contribution in [0.5, 0.6) is 5.75 Å². The Morgan fingerprint density at radius 3 is 2.32 bits per heavy atom. The van der Waals surface area contributed by atoms with Gasteiger partial charge in [-0.05, 0) is 48.9 Å². The summed E-state index contributed by atoms with van der Waals surface area (Å²) < 4.78 is 5.27. The highest BCUT2D eigenvalue weighted by molar-refractivity contribution is 5.32. The zero-order valence-electron chi connectivity index (χ0n) is 12.8. The van der Waals surface area contributed by atoms with E-state index < -0.39 is 0 Å². The van der Waals surface area contributed by atoms with E-state index in [2.05, 4.69) is 50.4 Å². The highest BCUT2D eigenvalue weighted by Gasteiger charge is 2.37. The molecule has 0 spiro atoms. The topological polar surface area (TPSA) is 21.3 Å². The molecule has 0 bridgehead atoms. The first-order valence-corrected chi connectivity index (χ1v) is 7.35. The molecule has 1 unspecified atom stereocenters. The van der Waals surface area contributed by atoms with Crippen LogP contribution in [0.25, 0.3) is 0 Å². The van der Waals surface area contributed by atoms with Crippen LogP contribution in [0.15, 0.2) is 24.3 Å². The lowest BCUT2D eigenvalue weighted by Crippen LogP contribution is -2.48. The molecule has 1 aliphatic rings. The van der Waals surface area contributed by atoms with Crippen molar-refractivity contribution in [3.05, 3.63) is 29.8 Å². The van der Waals surface area contributed by atoms with Crippen molar-refractivity contribution in [1.82, 2.24) is 5.32 Å². The Kier molecular flexibility index (Phi) is 4.19. The third kappa shape index (κ3) is 3.50. The van der Waals surface area contributed by atoms with Crippen molar-refractivity contribution in [2.24, 2.45) is 5.41 Å². The summed E-state index contributed by atoms with van der Waals surface area (Å²) in [4.78, 5) is 0. The van der Waals surface area contributed by atoms with Crippen molar-refractivity contribution in [3.8, 4) is 5.75 Å². The fourth-order valence-corrected chi connectivity index (χ4v) is 3.28. The van der Waals surface area contributed by atoms with Gasteiger partial charge >= 0.3 is 0 Å². The maximum atomic E-state index is 5.27. The van der Waals surface area contributed by atoms with E-state index in [4.69, 9.17) is 4.74 Å². The summed E-state index contributed by atoms with van der Waals surface area (Å²) in [6, 6.07) is 8.61. The first-order valence-electron chi connectivity index (χ1n) is 7.35. The molecule has 1 saturated heterocycles. The van der Waals surface area contributed by atoms with Crippen molar-refractivity contribution < 1.29 is 4.74 Å². The van der Waals surface area contributed by atoms with Crippen LogP contribution in [-0.4, -0.2) is 13.7 Å². The lowest BCUT2D eigenvalue weighted by Gasteiger charge is -2.43. The van der Waals surface area contributed by atoms with Crippen LogP contribution < -0.4 is 10.1 Å². The van der Waals surface area contributed by atoms with Gasteiger partial charge in [-0.2, -0.15) is 0 Å². The van der Waals surface area contributed by atoms with Gasteiger partial charge in [0.15, 0.2) is 0 Å². The zero-order valence-corrected chi connectivity index (χ0v) is 12.8. The van der Waals surface area contributed by atoms with Crippen molar-refractivity contribution in [3.63, 3.8) is 0 Å². The quantitative estimate of drug-likeness (QED) is 0.884. The number of nitrogens with one attached hydrogen (secondary N) is 1. The van der Waals surface area contributed by atoms with Crippen molar-refractivity contribution in [2.75, 3.05) is 13.7 Å². The largest absolute Gasteiger partial charge is 0.497 e. The molecule has 2 nitrogen and oxygen atoms in total. The van der Waals surface area contributed by atoms with Crippen LogP contribution in [0.2, 0.25) is 0 Å². The smallest absolute Gasteiger partial charge is 0.118 e. The van der Waals surface area contributed by atoms with Gasteiger partial charge in [0.1, 0.15) is 5.75 Å². The molecule has 0 aromatic heterocycles. The first-order chi connectivity index (χ1) is 8.95. The SMILES string of the molecule is COc1ccc(C2(CC(C)(C)C)CCCCN2)cc1. The fraction of sp³-hybridized carbons (Fsp3) is 0.647. The number of hydrogen-bond donors (Lipinski definition) is 1. The fourth-order valence-electron chi connectivity index (χ4n) is 3.28. The van der Waals surface area contributed by atoms with Gasteiger partial charge in [-0.1, -0.05) is 39.3 Å². The van der Waals surface area contributed by atoms with Crippen molar-refractivity contribution >= 4 is 0 Å². The molecule has 1 aromatic rings. The predicted molar refractivity (Wildman–Crippen MR) is 80.6 cm³/mol. The lowest BCUT2D eigenvalue weighted by molar-refractivity contribution is 0.169. The van der Waals surface area contributed by atoms with E-state index in [1.54, 1.807) is 7.11 Å². The minimum absolute atomic E-state index is 0.142. The molecule has 1 heterocycles. The molecule has 2 rings (SSSR count). The van der Waals surface area contributed by atoms with Crippen LogP contribution in [0.1, 0.15) is 52.0 Å². The van der Waals surface area contributed by atoms with E-state index >= 15 is 0 Å². The molecule has 106 valence electrons. The second-order valence-electron chi connectivity index (χ2n) is 6.93. The normalized spacial score (nSPS) is 24.2. The molecule has 0 aliphatic carbocycles. The maximum Gasteiger partial charge on any atom is 0.118 e. The highest BCUT2D eigenvalue weighted by Crippen LogP contribution is 2.40. The summed E-state index contributed by atoms with van der Waals surface area (Å²) in [6.45, 7) is 8.11. The molecule has 1 fully saturated rings. The minimum atomic E-state index is 0.142. The molecule has 2 heteroatoms. The monoisotopic (exact) mass is 261 g/mol. The number of rotatable bonds is 3. The minimum Gasteiger partial charge on any atom is -0.497 e. The van der Waals surface area contributed by atoms with E-state index in [0.717, 1.165) is 12.3 Å². The van der Waals surface area contributed by atoms with E-state index in [1.807, 2.05) is 0 Å². The van der Waals surface area contributed by atoms with Gasteiger partial charge in [0, 0.05) is 5.54 Å². The average molecular weight is 261 g/mol. The summed E-state index contributed by atoms with van der Waals surface area (Å²) in [5, 5.41) is 3.80. The standard InChI is InChI=1S/C17H27NO/c1-16(2,3)13-17(11-5-6-12-18-17)14-7-9-15(19-4)10-8-14/h7-10,18H,5-6,11-13H2,1-4H3. The van der Waals surface area contributed by atoms with Gasteiger partial charge in [0.2, 0.25) is 0 Å². The van der Waals surface area contributed by atoms with Crippen molar-refractivity contribution in [2.45, 2.75) is 52.0 Å². The second-order valence-corrected chi connectivity index (χ2v) is 6.93. The van der Waals surface area contributed by atoms with Crippen LogP contribution in [0.4, 0.5) is 0 Å². The summed E-state index contributed by atoms with van der Waals surface area (Å²) in [7, 11) is 1.72. The Morgan fingerprint density at radius 2 is 1.84 bits per heavy atom. The van der Waals surface area contributed by atoms with Crippen LogP contribution >= 0.6 is 0 Å². The molecular weight excluding hydrogens is 234 g/mol. The number of methoxy groups -OCH3 is 1. The Hall–Kier alpha value is -1.02. The predicted octanol–water partition coefficient (Wildman–Crippen LogP) is 4.10. The Balaban J connectivity index is 2.30. The molecule has 1 atom stereocenters. The molecule has 1 aromatic carbocycles. The molecule has 0 amide bonds. The van der Waals surface area contributed by atoms with Gasteiger partial charge in [-0.25, -0.2) is 0 Å². The Morgan fingerprint density at radius 1 is 1.16 bits per heavy atom. The lowest BCUT2D eigenvalue weighted by atomic mass is 9.72. The van der Waals surface area contributed by atoms with E-state index in [1.165, 1.54) is 31.2 Å². The molecule has 1 aliphatic heterocycles. The molecule has 0 saturated carbocycles. The molecule has 1 N–H and O–H groups in total. The summed E-state index contributed by atoms with van der Waals surface area (Å²) >= 11 is 0. The van der Waals surface area contributed by atoms with Crippen LogP contribution in [0.3, 0.4) is 0 Å². The summed E-state index contributed by atoms with van der Waals surface area (Å²) in [5.41, 5.74) is 1.87. The molecular formula is C17H27NO. The summed E-state index contributed by atoms with van der Waals surface area (Å²) in [5.74, 6) is 0.936. The third-order valence-corrected chi connectivity index (χ3v) is 3.97. The van der Waals surface area contributed by atoms with Crippen LogP contribution in [-0.2, 0) is 5.54 Å². The van der Waals surface area contributed by atoms with Gasteiger partial charge in [0.25, 0.3) is 0 Å². The Bertz CT molecular complexity index is 396. The van der Waals surface area contributed by atoms with Gasteiger partial charge in [0.05, 0.1) is 7.11 Å². The van der Waals surface area contributed by atoms with Crippen molar-refractivity contribution in [1.29, 1.82) is 0 Å². The third-order valence-electron chi connectivity index (χ3n) is 3.97. The zero-order chi connectivity index (χ0) is 13.9. The van der Waals surface area contributed by atoms with Gasteiger partial charge in [-0.15, -0.1) is 0 Å². The first kappa shape index (κ1) is 14.4. The Labute approximate surface area is 117 Å². The highest BCUT2D eigenvalue weighted by atomic mass is 16.5. The maximum absolute atomic E-state index is 5.27. The number of hydrogen-bond acceptors (Lipinski definition) is 2. The number of ether oxygens (including phenoxy) is 1. The van der Waals surface area contributed by atoms with Gasteiger partial charge < -0.3 is 10.1 Å². The average Bonchev–Trinajstić information content (AvgIpc) is 2.38. The number of piperidine rings is 1. The van der Waals surface area contributed by atoms with Crippen LogP contribution in [0, 0.1) is 5.41 Å². The second kappa shape index (κ2) is 5.54. The van der Waals surface area contributed by atoms with Gasteiger partial charge in [-0.3, -0.25) is 0 Å². The molecule has 0 radical (unpaired) electrons. The molecule has 19 heavy (non-hydrogen) atoms. The summed E-state index contributed by atoms with van der Waals surface area (Å²) in [6.07, 6.45) is 5.01. The van der Waals surface area contributed by atoms with E-state index in [-0.39, 0.29) is 5.54 Å².